The summed E-state index contributed by atoms with van der Waals surface area (Å²) in [5, 5.41) is 3.32. The molecular weight excluding hydrogens is 262 g/mol. The zero-order valence-electron chi connectivity index (χ0n) is 13.4. The van der Waals surface area contributed by atoms with Crippen LogP contribution in [0, 0.1) is 6.92 Å². The number of benzene rings is 1. The van der Waals surface area contributed by atoms with E-state index in [1.54, 1.807) is 0 Å². The number of nitrogens with one attached hydrogen (secondary N) is 1. The Hall–Kier alpha value is -1.55. The van der Waals surface area contributed by atoms with Crippen LogP contribution in [0.2, 0.25) is 0 Å². The van der Waals surface area contributed by atoms with Gasteiger partial charge in [-0.3, -0.25) is 4.79 Å². The fraction of sp³-hybridized carbons (Fsp3) is 0.588. The van der Waals surface area contributed by atoms with Crippen molar-refractivity contribution in [2.45, 2.75) is 45.6 Å². The third-order valence-electron chi connectivity index (χ3n) is 4.27. The lowest BCUT2D eigenvalue weighted by atomic mass is 9.95. The Labute approximate surface area is 127 Å². The number of fused-ring (bicyclic) bond motifs is 1. The number of nitrogens with zero attached hydrogens (tertiary/aromatic N) is 1. The molecule has 4 heteroatoms. The van der Waals surface area contributed by atoms with Crippen molar-refractivity contribution in [2.75, 3.05) is 24.5 Å². The fourth-order valence-corrected chi connectivity index (χ4v) is 2.97. The van der Waals surface area contributed by atoms with Crippen LogP contribution in [-0.2, 0) is 11.2 Å². The molecule has 0 spiro atoms. The minimum atomic E-state index is -0.685. The topological polar surface area (TPSA) is 58.4 Å². The van der Waals surface area contributed by atoms with Gasteiger partial charge in [0.15, 0.2) is 0 Å². The van der Waals surface area contributed by atoms with E-state index in [1.807, 2.05) is 6.92 Å². The lowest BCUT2D eigenvalue weighted by Gasteiger charge is -2.38. The molecule has 21 heavy (non-hydrogen) atoms. The SMILES string of the molecule is CCCNC(C)(CN1CCCc2cc(C)ccc21)C(N)=O. The number of carbonyl (C=O) groups is 1. The second kappa shape index (κ2) is 6.48. The first-order valence-corrected chi connectivity index (χ1v) is 7.85. The first-order valence-electron chi connectivity index (χ1n) is 7.85. The third kappa shape index (κ3) is 3.56. The van der Waals surface area contributed by atoms with Crippen LogP contribution in [0.3, 0.4) is 0 Å². The van der Waals surface area contributed by atoms with E-state index in [0.29, 0.717) is 6.54 Å². The predicted octanol–water partition coefficient (Wildman–Crippen LogP) is 1.99. The lowest BCUT2D eigenvalue weighted by molar-refractivity contribution is -0.123. The van der Waals surface area contributed by atoms with Gasteiger partial charge in [0, 0.05) is 18.8 Å². The second-order valence-electron chi connectivity index (χ2n) is 6.28. The largest absolute Gasteiger partial charge is 0.369 e. The highest BCUT2D eigenvalue weighted by Crippen LogP contribution is 2.29. The maximum atomic E-state index is 11.9. The van der Waals surface area contributed by atoms with Crippen molar-refractivity contribution in [1.82, 2.24) is 5.32 Å². The molecule has 3 N–H and O–H groups in total. The van der Waals surface area contributed by atoms with Crippen molar-refractivity contribution < 1.29 is 4.79 Å². The molecule has 116 valence electrons. The number of primary amides is 1. The van der Waals surface area contributed by atoms with Crippen molar-refractivity contribution in [1.29, 1.82) is 0 Å². The molecular formula is C17H27N3O. The summed E-state index contributed by atoms with van der Waals surface area (Å²) in [7, 11) is 0. The highest BCUT2D eigenvalue weighted by atomic mass is 16.1. The molecule has 0 bridgehead atoms. The molecule has 0 saturated carbocycles. The van der Waals surface area contributed by atoms with E-state index in [9.17, 15) is 4.79 Å². The number of rotatable bonds is 6. The van der Waals surface area contributed by atoms with Crippen molar-refractivity contribution in [3.8, 4) is 0 Å². The van der Waals surface area contributed by atoms with Gasteiger partial charge in [0.1, 0.15) is 5.54 Å². The van der Waals surface area contributed by atoms with Crippen LogP contribution in [0.1, 0.15) is 37.8 Å². The maximum Gasteiger partial charge on any atom is 0.239 e. The lowest BCUT2D eigenvalue weighted by Crippen LogP contribution is -2.60. The van der Waals surface area contributed by atoms with Gasteiger partial charge >= 0.3 is 0 Å². The molecule has 1 unspecified atom stereocenters. The number of hydrogen-bond donors (Lipinski definition) is 2. The fourth-order valence-electron chi connectivity index (χ4n) is 2.97. The Balaban J connectivity index is 2.21. The van der Waals surface area contributed by atoms with Crippen LogP contribution in [-0.4, -0.2) is 31.1 Å². The van der Waals surface area contributed by atoms with Gasteiger partial charge in [-0.15, -0.1) is 0 Å². The molecule has 0 aromatic heterocycles. The monoisotopic (exact) mass is 289 g/mol. The normalized spacial score (nSPS) is 17.2. The molecule has 1 aliphatic heterocycles. The Morgan fingerprint density at radius 1 is 1.48 bits per heavy atom. The van der Waals surface area contributed by atoms with Gasteiger partial charge in [-0.05, 0) is 51.3 Å². The molecule has 1 amide bonds. The van der Waals surface area contributed by atoms with Gasteiger partial charge < -0.3 is 16.0 Å². The van der Waals surface area contributed by atoms with Gasteiger partial charge in [0.25, 0.3) is 0 Å². The molecule has 4 nitrogen and oxygen atoms in total. The predicted molar refractivity (Wildman–Crippen MR) is 87.6 cm³/mol. The van der Waals surface area contributed by atoms with Crippen molar-refractivity contribution in [3.63, 3.8) is 0 Å². The summed E-state index contributed by atoms with van der Waals surface area (Å²) in [6.45, 7) is 8.52. The molecule has 0 saturated heterocycles. The Morgan fingerprint density at radius 3 is 2.90 bits per heavy atom. The summed E-state index contributed by atoms with van der Waals surface area (Å²) in [5.41, 5.74) is 8.88. The average molecular weight is 289 g/mol. The average Bonchev–Trinajstić information content (AvgIpc) is 2.45. The number of aryl methyl sites for hydroxylation is 2. The van der Waals surface area contributed by atoms with Crippen LogP contribution in [0.15, 0.2) is 18.2 Å². The number of amides is 1. The van der Waals surface area contributed by atoms with Gasteiger partial charge in [0.2, 0.25) is 5.91 Å². The van der Waals surface area contributed by atoms with E-state index >= 15 is 0 Å². The van der Waals surface area contributed by atoms with Crippen LogP contribution >= 0.6 is 0 Å². The molecule has 1 aromatic rings. The van der Waals surface area contributed by atoms with E-state index < -0.39 is 5.54 Å². The summed E-state index contributed by atoms with van der Waals surface area (Å²) < 4.78 is 0. The Kier molecular flexibility index (Phi) is 4.88. The van der Waals surface area contributed by atoms with Gasteiger partial charge in [-0.1, -0.05) is 24.6 Å². The summed E-state index contributed by atoms with van der Waals surface area (Å²) >= 11 is 0. The zero-order valence-corrected chi connectivity index (χ0v) is 13.4. The third-order valence-corrected chi connectivity index (χ3v) is 4.27. The molecule has 1 heterocycles. The minimum Gasteiger partial charge on any atom is -0.369 e. The van der Waals surface area contributed by atoms with E-state index in [2.05, 4.69) is 42.3 Å². The van der Waals surface area contributed by atoms with Crippen LogP contribution in [0.25, 0.3) is 0 Å². The molecule has 1 aromatic carbocycles. The number of hydrogen-bond acceptors (Lipinski definition) is 3. The second-order valence-corrected chi connectivity index (χ2v) is 6.28. The van der Waals surface area contributed by atoms with E-state index in [4.69, 9.17) is 5.73 Å². The van der Waals surface area contributed by atoms with Crippen molar-refractivity contribution >= 4 is 11.6 Å². The minimum absolute atomic E-state index is 0.282. The van der Waals surface area contributed by atoms with Gasteiger partial charge in [-0.2, -0.15) is 0 Å². The van der Waals surface area contributed by atoms with E-state index in [0.717, 1.165) is 32.4 Å². The molecule has 0 fully saturated rings. The maximum absolute atomic E-state index is 11.9. The molecule has 0 aliphatic carbocycles. The van der Waals surface area contributed by atoms with E-state index in [1.165, 1.54) is 16.8 Å². The highest BCUT2D eigenvalue weighted by Gasteiger charge is 2.33. The molecule has 0 radical (unpaired) electrons. The first-order chi connectivity index (χ1) is 9.96. The molecule has 2 rings (SSSR count). The van der Waals surface area contributed by atoms with Crippen molar-refractivity contribution in [2.24, 2.45) is 5.73 Å². The molecule has 1 aliphatic rings. The Bertz CT molecular complexity index is 515. The summed E-state index contributed by atoms with van der Waals surface area (Å²) in [5.74, 6) is -0.282. The smallest absolute Gasteiger partial charge is 0.239 e. The quantitative estimate of drug-likeness (QED) is 0.842. The van der Waals surface area contributed by atoms with Gasteiger partial charge in [-0.25, -0.2) is 0 Å². The number of anilines is 1. The summed E-state index contributed by atoms with van der Waals surface area (Å²) in [4.78, 5) is 14.2. The number of nitrogens with two attached hydrogens (primary N) is 1. The zero-order chi connectivity index (χ0) is 15.5. The first kappa shape index (κ1) is 15.8. The summed E-state index contributed by atoms with van der Waals surface area (Å²) in [6.07, 6.45) is 3.22. The van der Waals surface area contributed by atoms with Crippen LogP contribution in [0.4, 0.5) is 5.69 Å². The van der Waals surface area contributed by atoms with Gasteiger partial charge in [0.05, 0.1) is 0 Å². The molecule has 1 atom stereocenters. The van der Waals surface area contributed by atoms with Crippen LogP contribution in [0.5, 0.6) is 0 Å². The Morgan fingerprint density at radius 2 is 2.24 bits per heavy atom. The highest BCUT2D eigenvalue weighted by molar-refractivity contribution is 5.85. The number of carbonyl (C=O) groups excluding carboxylic acids is 1. The summed E-state index contributed by atoms with van der Waals surface area (Å²) in [6, 6.07) is 6.56. The van der Waals surface area contributed by atoms with Crippen molar-refractivity contribution in [3.05, 3.63) is 29.3 Å². The van der Waals surface area contributed by atoms with Crippen LogP contribution < -0.4 is 16.0 Å². The standard InChI is InChI=1S/C17H27N3O/c1-4-9-19-17(3,16(18)21)12-20-10-5-6-14-11-13(2)7-8-15(14)20/h7-8,11,19H,4-6,9-10,12H2,1-3H3,(H2,18,21). The van der Waals surface area contributed by atoms with E-state index in [-0.39, 0.29) is 5.91 Å².